The van der Waals surface area contributed by atoms with Gasteiger partial charge in [-0.1, -0.05) is 24.3 Å². The second kappa shape index (κ2) is 5.83. The Labute approximate surface area is 138 Å². The smallest absolute Gasteiger partial charge is 0.261 e. The van der Waals surface area contributed by atoms with E-state index in [4.69, 9.17) is 4.74 Å². The molecule has 2 aliphatic rings. The number of ether oxygens (including phenoxy) is 1. The Balaban J connectivity index is 1.58. The first kappa shape index (κ1) is 15.0. The van der Waals surface area contributed by atoms with Crippen molar-refractivity contribution in [2.24, 2.45) is 0 Å². The maximum Gasteiger partial charge on any atom is 0.261 e. The zero-order chi connectivity index (χ0) is 16.7. The highest BCUT2D eigenvalue weighted by atomic mass is 19.1. The maximum absolute atomic E-state index is 13.1. The van der Waals surface area contributed by atoms with Gasteiger partial charge in [-0.3, -0.25) is 14.5 Å². The summed E-state index contributed by atoms with van der Waals surface area (Å²) in [4.78, 5) is 26.6. The summed E-state index contributed by atoms with van der Waals surface area (Å²) in [5, 5.41) is 0. The number of halogens is 1. The van der Waals surface area contributed by atoms with Gasteiger partial charge in [0, 0.05) is 12.6 Å². The van der Waals surface area contributed by atoms with Crippen LogP contribution in [0.4, 0.5) is 4.39 Å². The molecule has 2 aromatic rings. The van der Waals surface area contributed by atoms with E-state index in [0.717, 1.165) is 5.56 Å². The van der Waals surface area contributed by atoms with Gasteiger partial charge in [0.25, 0.3) is 11.8 Å². The lowest BCUT2D eigenvalue weighted by atomic mass is 9.96. The van der Waals surface area contributed by atoms with Gasteiger partial charge in [-0.15, -0.1) is 0 Å². The summed E-state index contributed by atoms with van der Waals surface area (Å²) in [5.74, 6) is -0.771. The quantitative estimate of drug-likeness (QED) is 0.796. The van der Waals surface area contributed by atoms with Crippen LogP contribution in [0, 0.1) is 5.82 Å². The van der Waals surface area contributed by atoms with Crippen molar-refractivity contribution in [3.63, 3.8) is 0 Å². The molecule has 0 radical (unpaired) electrons. The van der Waals surface area contributed by atoms with Crippen molar-refractivity contribution in [3.8, 4) is 0 Å². The first-order valence-corrected chi connectivity index (χ1v) is 7.99. The third kappa shape index (κ3) is 2.41. The lowest BCUT2D eigenvalue weighted by Gasteiger charge is -2.34. The molecule has 122 valence electrons. The van der Waals surface area contributed by atoms with E-state index < -0.39 is 0 Å². The van der Waals surface area contributed by atoms with Crippen LogP contribution in [0.15, 0.2) is 48.5 Å². The molecule has 2 aliphatic heterocycles. The van der Waals surface area contributed by atoms with Crippen LogP contribution in [0.25, 0.3) is 0 Å². The molecule has 1 fully saturated rings. The van der Waals surface area contributed by atoms with Gasteiger partial charge in [-0.25, -0.2) is 4.39 Å². The predicted octanol–water partition coefficient (Wildman–Crippen LogP) is 3.34. The molecule has 5 heteroatoms. The molecule has 0 spiro atoms. The summed E-state index contributed by atoms with van der Waals surface area (Å²) in [6.07, 6.45) is 0.897. The number of benzene rings is 2. The van der Waals surface area contributed by atoms with E-state index in [1.807, 2.05) is 0 Å². The number of amides is 2. The van der Waals surface area contributed by atoms with Crippen LogP contribution in [0.1, 0.15) is 45.2 Å². The summed E-state index contributed by atoms with van der Waals surface area (Å²) in [5.41, 5.74) is 1.79. The number of hydrogen-bond acceptors (Lipinski definition) is 3. The normalized spacial score (nSPS) is 23.5. The first-order chi connectivity index (χ1) is 11.6. The van der Waals surface area contributed by atoms with Gasteiger partial charge in [-0.05, 0) is 42.7 Å². The molecular weight excluding hydrogens is 309 g/mol. The minimum Gasteiger partial charge on any atom is -0.373 e. The SMILES string of the molecule is O=C1c2ccccc2C(=O)N1C1CCOC(c2ccc(F)cc2)C1. The average molecular weight is 325 g/mol. The van der Waals surface area contributed by atoms with Crippen LogP contribution < -0.4 is 0 Å². The number of imide groups is 1. The molecule has 0 saturated carbocycles. The third-order valence-corrected chi connectivity index (χ3v) is 4.69. The van der Waals surface area contributed by atoms with Gasteiger partial charge < -0.3 is 4.74 Å². The zero-order valence-electron chi connectivity index (χ0n) is 12.9. The Morgan fingerprint density at radius 2 is 1.58 bits per heavy atom. The molecule has 4 nitrogen and oxygen atoms in total. The van der Waals surface area contributed by atoms with Gasteiger partial charge in [0.2, 0.25) is 0 Å². The molecule has 2 aromatic carbocycles. The maximum atomic E-state index is 13.1. The van der Waals surface area contributed by atoms with Crippen molar-refractivity contribution in [1.29, 1.82) is 0 Å². The van der Waals surface area contributed by atoms with Gasteiger partial charge in [0.05, 0.1) is 17.2 Å². The highest BCUT2D eigenvalue weighted by Gasteiger charge is 2.41. The van der Waals surface area contributed by atoms with Crippen LogP contribution in [-0.4, -0.2) is 29.4 Å². The first-order valence-electron chi connectivity index (χ1n) is 7.99. The molecule has 2 atom stereocenters. The molecule has 2 unspecified atom stereocenters. The lowest BCUT2D eigenvalue weighted by molar-refractivity contribution is -0.0192. The fourth-order valence-corrected chi connectivity index (χ4v) is 3.46. The zero-order valence-corrected chi connectivity index (χ0v) is 12.9. The second-order valence-corrected chi connectivity index (χ2v) is 6.12. The van der Waals surface area contributed by atoms with Crippen LogP contribution in [0.2, 0.25) is 0 Å². The molecule has 0 N–H and O–H groups in total. The molecule has 24 heavy (non-hydrogen) atoms. The van der Waals surface area contributed by atoms with E-state index in [1.165, 1.54) is 17.0 Å². The molecule has 0 aliphatic carbocycles. The molecule has 4 rings (SSSR count). The van der Waals surface area contributed by atoms with Crippen molar-refractivity contribution in [2.75, 3.05) is 6.61 Å². The van der Waals surface area contributed by atoms with E-state index >= 15 is 0 Å². The van der Waals surface area contributed by atoms with E-state index in [-0.39, 0.29) is 29.8 Å². The van der Waals surface area contributed by atoms with Crippen molar-refractivity contribution in [1.82, 2.24) is 4.90 Å². The molecule has 0 bridgehead atoms. The minimum atomic E-state index is -0.300. The van der Waals surface area contributed by atoms with Crippen LogP contribution in [-0.2, 0) is 4.74 Å². The highest BCUT2D eigenvalue weighted by molar-refractivity contribution is 6.21. The Morgan fingerprint density at radius 3 is 2.21 bits per heavy atom. The Kier molecular flexibility index (Phi) is 3.65. The summed E-state index contributed by atoms with van der Waals surface area (Å²) in [7, 11) is 0. The molecule has 2 amide bonds. The summed E-state index contributed by atoms with van der Waals surface area (Å²) < 4.78 is 18.9. The number of nitrogens with zero attached hydrogens (tertiary/aromatic N) is 1. The van der Waals surface area contributed by atoms with Crippen molar-refractivity contribution >= 4 is 11.8 Å². The van der Waals surface area contributed by atoms with Crippen molar-refractivity contribution < 1.29 is 18.7 Å². The monoisotopic (exact) mass is 325 g/mol. The van der Waals surface area contributed by atoms with Gasteiger partial charge in [0.1, 0.15) is 5.82 Å². The van der Waals surface area contributed by atoms with Crippen LogP contribution in [0.3, 0.4) is 0 Å². The largest absolute Gasteiger partial charge is 0.373 e. The molecular formula is C19H16FNO3. The molecule has 1 saturated heterocycles. The fourth-order valence-electron chi connectivity index (χ4n) is 3.46. The number of carbonyl (C=O) groups excluding carboxylic acids is 2. The fraction of sp³-hybridized carbons (Fsp3) is 0.263. The van der Waals surface area contributed by atoms with Crippen LogP contribution >= 0.6 is 0 Å². The van der Waals surface area contributed by atoms with E-state index in [0.29, 0.717) is 30.6 Å². The molecule has 2 heterocycles. The topological polar surface area (TPSA) is 46.6 Å². The number of carbonyl (C=O) groups is 2. The Morgan fingerprint density at radius 1 is 0.958 bits per heavy atom. The minimum absolute atomic E-state index is 0.207. The van der Waals surface area contributed by atoms with Crippen LogP contribution in [0.5, 0.6) is 0 Å². The standard InChI is InChI=1S/C19H16FNO3/c20-13-7-5-12(6-8-13)17-11-14(9-10-24-17)21-18(22)15-3-1-2-4-16(15)19(21)23/h1-8,14,17H,9-11H2. The Bertz CT molecular complexity index is 768. The summed E-state index contributed by atoms with van der Waals surface area (Å²) in [6.45, 7) is 0.458. The van der Waals surface area contributed by atoms with Crippen molar-refractivity contribution in [3.05, 3.63) is 71.0 Å². The second-order valence-electron chi connectivity index (χ2n) is 6.12. The van der Waals surface area contributed by atoms with E-state index in [2.05, 4.69) is 0 Å². The number of fused-ring (bicyclic) bond motifs is 1. The predicted molar refractivity (Wildman–Crippen MR) is 85.1 cm³/mol. The third-order valence-electron chi connectivity index (χ3n) is 4.69. The number of hydrogen-bond donors (Lipinski definition) is 0. The Hall–Kier alpha value is -2.53. The number of rotatable bonds is 2. The van der Waals surface area contributed by atoms with Gasteiger partial charge in [-0.2, -0.15) is 0 Å². The average Bonchev–Trinajstić information content (AvgIpc) is 2.87. The van der Waals surface area contributed by atoms with E-state index in [9.17, 15) is 14.0 Å². The van der Waals surface area contributed by atoms with Gasteiger partial charge in [0.15, 0.2) is 0 Å². The lowest BCUT2D eigenvalue weighted by Crippen LogP contribution is -2.43. The summed E-state index contributed by atoms with van der Waals surface area (Å²) >= 11 is 0. The molecule has 0 aromatic heterocycles. The highest BCUT2D eigenvalue weighted by Crippen LogP contribution is 2.34. The van der Waals surface area contributed by atoms with Crippen molar-refractivity contribution in [2.45, 2.75) is 25.0 Å². The summed E-state index contributed by atoms with van der Waals surface area (Å²) in [6, 6.07) is 12.8. The van der Waals surface area contributed by atoms with E-state index in [1.54, 1.807) is 36.4 Å². The van der Waals surface area contributed by atoms with Gasteiger partial charge >= 0.3 is 0 Å².